The van der Waals surface area contributed by atoms with E-state index in [1.165, 1.54) is 55.7 Å². The van der Waals surface area contributed by atoms with Crippen molar-refractivity contribution in [1.82, 2.24) is 4.90 Å². The normalized spacial score (nSPS) is 35.0. The number of halogens is 1. The molecule has 1 aromatic rings. The van der Waals surface area contributed by atoms with Crippen LogP contribution in [0.25, 0.3) is 0 Å². The average Bonchev–Trinajstić information content (AvgIpc) is 2.49. The molecular weight excluding hydrogens is 308 g/mol. The first-order valence-electron chi connectivity index (χ1n) is 8.85. The number of ether oxygens (including phenoxy) is 1. The lowest BCUT2D eigenvalue weighted by Gasteiger charge is -2.53. The molecule has 2 aliphatic rings. The van der Waals surface area contributed by atoms with Gasteiger partial charge in [0.25, 0.3) is 0 Å². The Labute approximate surface area is 147 Å². The van der Waals surface area contributed by atoms with Gasteiger partial charge in [-0.05, 0) is 32.8 Å². The van der Waals surface area contributed by atoms with Crippen LogP contribution in [0.4, 0.5) is 0 Å². The maximum Gasteiger partial charge on any atom is 0.105 e. The van der Waals surface area contributed by atoms with E-state index in [0.717, 1.165) is 6.04 Å². The molecule has 3 nitrogen and oxygen atoms in total. The standard InChI is InChI=1S/C19H31N2O.ClH/c1-16-13-20(10-9-19-7-5-4-6-8-19)11-12-21(16)14-17(2)22-18(3)15-21;/h4-8,16-18H,9-15H2,1-3H3;1H/q+1;/p-1. The number of hydrogen-bond acceptors (Lipinski definition) is 2. The summed E-state index contributed by atoms with van der Waals surface area (Å²) in [7, 11) is 0. The fraction of sp³-hybridized carbons (Fsp3) is 0.684. The Morgan fingerprint density at radius 2 is 1.74 bits per heavy atom. The molecule has 1 aromatic carbocycles. The molecule has 3 unspecified atom stereocenters. The maximum atomic E-state index is 5.96. The number of quaternary nitrogens is 1. The van der Waals surface area contributed by atoms with Gasteiger partial charge in [-0.2, -0.15) is 0 Å². The largest absolute Gasteiger partial charge is 1.00 e. The number of benzene rings is 1. The van der Waals surface area contributed by atoms with E-state index in [4.69, 9.17) is 4.74 Å². The highest BCUT2D eigenvalue weighted by Crippen LogP contribution is 2.27. The van der Waals surface area contributed by atoms with E-state index in [1.54, 1.807) is 0 Å². The van der Waals surface area contributed by atoms with E-state index >= 15 is 0 Å². The van der Waals surface area contributed by atoms with Gasteiger partial charge in [-0.15, -0.1) is 0 Å². The first kappa shape index (κ1) is 18.7. The van der Waals surface area contributed by atoms with Gasteiger partial charge in [-0.25, -0.2) is 0 Å². The lowest BCUT2D eigenvalue weighted by molar-refractivity contribution is -0.965. The van der Waals surface area contributed by atoms with Gasteiger partial charge in [0.2, 0.25) is 0 Å². The molecule has 0 saturated carbocycles. The topological polar surface area (TPSA) is 12.5 Å². The molecular formula is C19H31ClN2O. The fourth-order valence-electron chi connectivity index (χ4n) is 4.46. The molecule has 23 heavy (non-hydrogen) atoms. The van der Waals surface area contributed by atoms with Crippen LogP contribution in [0.2, 0.25) is 0 Å². The summed E-state index contributed by atoms with van der Waals surface area (Å²) in [5, 5.41) is 0. The monoisotopic (exact) mass is 338 g/mol. The minimum Gasteiger partial charge on any atom is -1.00 e. The highest BCUT2D eigenvalue weighted by molar-refractivity contribution is 5.14. The average molecular weight is 339 g/mol. The van der Waals surface area contributed by atoms with Crippen LogP contribution >= 0.6 is 0 Å². The second kappa shape index (κ2) is 7.98. The number of morpholine rings is 1. The molecule has 0 N–H and O–H groups in total. The first-order valence-corrected chi connectivity index (χ1v) is 8.85. The van der Waals surface area contributed by atoms with Crippen LogP contribution in [-0.4, -0.2) is 66.9 Å². The summed E-state index contributed by atoms with van der Waals surface area (Å²) < 4.78 is 7.23. The summed E-state index contributed by atoms with van der Waals surface area (Å²) in [6.07, 6.45) is 1.98. The molecule has 0 amide bonds. The summed E-state index contributed by atoms with van der Waals surface area (Å²) in [4.78, 5) is 2.66. The summed E-state index contributed by atoms with van der Waals surface area (Å²) in [5.74, 6) is 0. The van der Waals surface area contributed by atoms with Crippen molar-refractivity contribution in [1.29, 1.82) is 0 Å². The highest BCUT2D eigenvalue weighted by atomic mass is 35.5. The first-order chi connectivity index (χ1) is 10.6. The van der Waals surface area contributed by atoms with Crippen molar-refractivity contribution in [3.8, 4) is 0 Å². The molecule has 0 aliphatic carbocycles. The third-order valence-corrected chi connectivity index (χ3v) is 5.58. The molecule has 2 fully saturated rings. The van der Waals surface area contributed by atoms with Gasteiger partial charge in [0.1, 0.15) is 25.3 Å². The van der Waals surface area contributed by atoms with E-state index in [1.807, 2.05) is 0 Å². The van der Waals surface area contributed by atoms with Crippen LogP contribution in [0.3, 0.4) is 0 Å². The second-order valence-corrected chi connectivity index (χ2v) is 7.45. The lowest BCUT2D eigenvalue weighted by atomic mass is 10.0. The Kier molecular flexibility index (Phi) is 6.49. The zero-order valence-corrected chi connectivity index (χ0v) is 15.5. The Morgan fingerprint density at radius 3 is 2.35 bits per heavy atom. The SMILES string of the molecule is CC1C[N+]2(CCN(CCc3ccccc3)CC2C)CC(C)O1.[Cl-]. The summed E-state index contributed by atoms with van der Waals surface area (Å²) in [6.45, 7) is 14.2. The Balaban J connectivity index is 0.00000192. The Morgan fingerprint density at radius 1 is 1.09 bits per heavy atom. The zero-order chi connectivity index (χ0) is 15.6. The molecule has 2 aliphatic heterocycles. The van der Waals surface area contributed by atoms with Crippen molar-refractivity contribution in [2.45, 2.75) is 45.4 Å². The Hall–Kier alpha value is -0.610. The van der Waals surface area contributed by atoms with E-state index in [0.29, 0.717) is 12.2 Å². The smallest absolute Gasteiger partial charge is 0.105 e. The maximum absolute atomic E-state index is 5.96. The summed E-state index contributed by atoms with van der Waals surface area (Å²) in [6, 6.07) is 11.6. The van der Waals surface area contributed by atoms with E-state index < -0.39 is 0 Å². The van der Waals surface area contributed by atoms with Crippen molar-refractivity contribution in [2.75, 3.05) is 39.3 Å². The van der Waals surface area contributed by atoms with E-state index in [2.05, 4.69) is 56.0 Å². The van der Waals surface area contributed by atoms with Crippen LogP contribution in [-0.2, 0) is 11.2 Å². The number of rotatable bonds is 3. The van der Waals surface area contributed by atoms with Crippen LogP contribution in [0.15, 0.2) is 30.3 Å². The van der Waals surface area contributed by atoms with E-state index in [9.17, 15) is 0 Å². The molecule has 0 aromatic heterocycles. The van der Waals surface area contributed by atoms with Gasteiger partial charge >= 0.3 is 0 Å². The van der Waals surface area contributed by atoms with Crippen molar-refractivity contribution in [3.63, 3.8) is 0 Å². The van der Waals surface area contributed by atoms with Crippen molar-refractivity contribution < 1.29 is 21.6 Å². The van der Waals surface area contributed by atoms with Gasteiger partial charge < -0.3 is 21.6 Å². The summed E-state index contributed by atoms with van der Waals surface area (Å²) in [5.41, 5.74) is 1.46. The molecule has 2 saturated heterocycles. The predicted molar refractivity (Wildman–Crippen MR) is 90.9 cm³/mol. The minimum atomic E-state index is 0. The molecule has 2 heterocycles. The van der Waals surface area contributed by atoms with Gasteiger partial charge in [0.15, 0.2) is 0 Å². The molecule has 4 heteroatoms. The van der Waals surface area contributed by atoms with Crippen molar-refractivity contribution in [2.24, 2.45) is 0 Å². The molecule has 0 radical (unpaired) electrons. The molecule has 3 atom stereocenters. The third-order valence-electron chi connectivity index (χ3n) is 5.58. The molecule has 3 rings (SSSR count). The zero-order valence-electron chi connectivity index (χ0n) is 14.7. The number of piperazine rings is 1. The summed E-state index contributed by atoms with van der Waals surface area (Å²) >= 11 is 0. The van der Waals surface area contributed by atoms with Crippen LogP contribution < -0.4 is 12.4 Å². The Bertz CT molecular complexity index is 472. The quantitative estimate of drug-likeness (QED) is 0.693. The fourth-order valence-corrected chi connectivity index (χ4v) is 4.46. The van der Waals surface area contributed by atoms with Gasteiger partial charge in [0, 0.05) is 13.1 Å². The van der Waals surface area contributed by atoms with Gasteiger partial charge in [-0.3, -0.25) is 4.90 Å². The second-order valence-electron chi connectivity index (χ2n) is 7.45. The highest BCUT2D eigenvalue weighted by Gasteiger charge is 2.44. The minimum absolute atomic E-state index is 0. The molecule has 1 spiro atoms. The number of hydrogen-bond donors (Lipinski definition) is 0. The van der Waals surface area contributed by atoms with Crippen LogP contribution in [0.1, 0.15) is 26.3 Å². The van der Waals surface area contributed by atoms with Crippen molar-refractivity contribution >= 4 is 0 Å². The molecule has 0 bridgehead atoms. The van der Waals surface area contributed by atoms with Crippen LogP contribution in [0, 0.1) is 0 Å². The van der Waals surface area contributed by atoms with Gasteiger partial charge in [-0.1, -0.05) is 30.3 Å². The molecule has 130 valence electrons. The van der Waals surface area contributed by atoms with E-state index in [-0.39, 0.29) is 12.4 Å². The van der Waals surface area contributed by atoms with Crippen molar-refractivity contribution in [3.05, 3.63) is 35.9 Å². The van der Waals surface area contributed by atoms with Gasteiger partial charge in [0.05, 0.1) is 19.1 Å². The van der Waals surface area contributed by atoms with Crippen LogP contribution in [0.5, 0.6) is 0 Å². The number of nitrogens with zero attached hydrogens (tertiary/aromatic N) is 2. The predicted octanol–water partition coefficient (Wildman–Crippen LogP) is -0.439. The lowest BCUT2D eigenvalue weighted by Crippen LogP contribution is -3.00. The third kappa shape index (κ3) is 4.48.